The summed E-state index contributed by atoms with van der Waals surface area (Å²) in [4.78, 5) is 4.05. The standard InChI is InChI=1S/C10H9N.CH5N/c1-8-3-2-4-9-7-11-6-5-10(8)9;1-2/h2-7H,1H3;2H2,1H3. The summed E-state index contributed by atoms with van der Waals surface area (Å²) in [6.45, 7) is 2.11. The second-order valence-electron chi connectivity index (χ2n) is 2.67. The second kappa shape index (κ2) is 4.58. The van der Waals surface area contributed by atoms with Gasteiger partial charge in [-0.25, -0.2) is 0 Å². The molecule has 2 aromatic rings. The molecule has 2 N–H and O–H groups in total. The van der Waals surface area contributed by atoms with E-state index < -0.39 is 0 Å². The molecule has 0 spiro atoms. The van der Waals surface area contributed by atoms with Gasteiger partial charge in [0.25, 0.3) is 0 Å². The van der Waals surface area contributed by atoms with E-state index in [1.165, 1.54) is 23.4 Å². The fourth-order valence-electron chi connectivity index (χ4n) is 1.28. The van der Waals surface area contributed by atoms with Crippen LogP contribution in [0.1, 0.15) is 5.56 Å². The highest BCUT2D eigenvalue weighted by Gasteiger charge is 1.92. The third-order valence-electron chi connectivity index (χ3n) is 1.90. The smallest absolute Gasteiger partial charge is 0.0346 e. The molecular weight excluding hydrogens is 160 g/mol. The summed E-state index contributed by atoms with van der Waals surface area (Å²) in [5, 5.41) is 2.51. The van der Waals surface area contributed by atoms with Gasteiger partial charge >= 0.3 is 0 Å². The van der Waals surface area contributed by atoms with E-state index in [1.807, 2.05) is 18.5 Å². The van der Waals surface area contributed by atoms with E-state index in [-0.39, 0.29) is 0 Å². The normalized spacial score (nSPS) is 9.15. The van der Waals surface area contributed by atoms with Crippen LogP contribution in [-0.4, -0.2) is 12.0 Å². The summed E-state index contributed by atoms with van der Waals surface area (Å²) < 4.78 is 0. The zero-order chi connectivity index (χ0) is 9.68. The molecule has 2 rings (SSSR count). The molecule has 2 heteroatoms. The molecule has 1 heterocycles. The zero-order valence-electron chi connectivity index (χ0n) is 7.99. The van der Waals surface area contributed by atoms with E-state index in [9.17, 15) is 0 Å². The summed E-state index contributed by atoms with van der Waals surface area (Å²) in [5.74, 6) is 0. The molecule has 0 saturated carbocycles. The molecule has 0 radical (unpaired) electrons. The molecule has 0 atom stereocenters. The summed E-state index contributed by atoms with van der Waals surface area (Å²) in [6, 6.07) is 8.29. The Balaban J connectivity index is 0.000000396. The highest BCUT2D eigenvalue weighted by molar-refractivity contribution is 5.84. The molecule has 0 aliphatic rings. The Labute approximate surface area is 78.4 Å². The predicted octanol–water partition coefficient (Wildman–Crippen LogP) is 2.12. The molecule has 0 aliphatic heterocycles. The number of nitrogens with zero attached hydrogens (tertiary/aromatic N) is 1. The zero-order valence-corrected chi connectivity index (χ0v) is 7.99. The monoisotopic (exact) mass is 174 g/mol. The first-order valence-corrected chi connectivity index (χ1v) is 4.25. The van der Waals surface area contributed by atoms with Crippen LogP contribution >= 0.6 is 0 Å². The lowest BCUT2D eigenvalue weighted by Crippen LogP contribution is -1.77. The number of rotatable bonds is 0. The van der Waals surface area contributed by atoms with Gasteiger partial charge in [-0.2, -0.15) is 0 Å². The molecule has 13 heavy (non-hydrogen) atoms. The van der Waals surface area contributed by atoms with Crippen molar-refractivity contribution in [1.82, 2.24) is 4.98 Å². The third-order valence-corrected chi connectivity index (χ3v) is 1.90. The van der Waals surface area contributed by atoms with E-state index >= 15 is 0 Å². The minimum Gasteiger partial charge on any atom is -0.333 e. The molecule has 0 unspecified atom stereocenters. The molecular formula is C11H14N2. The Kier molecular flexibility index (Phi) is 3.41. The average Bonchev–Trinajstić information content (AvgIpc) is 2.22. The van der Waals surface area contributed by atoms with E-state index in [2.05, 4.69) is 35.8 Å². The van der Waals surface area contributed by atoms with Crippen molar-refractivity contribution in [3.63, 3.8) is 0 Å². The minimum atomic E-state index is 1.22. The lowest BCUT2D eigenvalue weighted by molar-refractivity contribution is 1.36. The molecule has 1 aromatic carbocycles. The molecule has 0 amide bonds. The number of hydrogen-bond donors (Lipinski definition) is 1. The first-order valence-electron chi connectivity index (χ1n) is 4.25. The van der Waals surface area contributed by atoms with Gasteiger partial charge in [-0.3, -0.25) is 4.98 Å². The molecule has 1 aromatic heterocycles. The van der Waals surface area contributed by atoms with Crippen molar-refractivity contribution in [3.8, 4) is 0 Å². The number of aromatic nitrogens is 1. The van der Waals surface area contributed by atoms with Gasteiger partial charge in [-0.1, -0.05) is 18.2 Å². The fourth-order valence-corrected chi connectivity index (χ4v) is 1.28. The van der Waals surface area contributed by atoms with Crippen molar-refractivity contribution >= 4 is 10.8 Å². The maximum atomic E-state index is 4.50. The summed E-state index contributed by atoms with van der Waals surface area (Å²) in [5.41, 5.74) is 5.81. The van der Waals surface area contributed by atoms with Gasteiger partial charge in [0.15, 0.2) is 0 Å². The lowest BCUT2D eigenvalue weighted by atomic mass is 10.1. The van der Waals surface area contributed by atoms with Gasteiger partial charge < -0.3 is 5.73 Å². The first-order chi connectivity index (χ1) is 6.38. The van der Waals surface area contributed by atoms with Crippen LogP contribution in [0.25, 0.3) is 10.8 Å². The van der Waals surface area contributed by atoms with Gasteiger partial charge in [0, 0.05) is 17.8 Å². The third kappa shape index (κ3) is 2.04. The number of hydrogen-bond acceptors (Lipinski definition) is 2. The van der Waals surface area contributed by atoms with E-state index in [0.29, 0.717) is 0 Å². The number of fused-ring (bicyclic) bond motifs is 1. The van der Waals surface area contributed by atoms with Crippen LogP contribution in [0.5, 0.6) is 0 Å². The number of benzene rings is 1. The van der Waals surface area contributed by atoms with Gasteiger partial charge in [0.2, 0.25) is 0 Å². The lowest BCUT2D eigenvalue weighted by Gasteiger charge is -1.98. The topological polar surface area (TPSA) is 38.9 Å². The van der Waals surface area contributed by atoms with Crippen LogP contribution in [0.15, 0.2) is 36.7 Å². The maximum Gasteiger partial charge on any atom is 0.0346 e. The molecule has 0 saturated heterocycles. The van der Waals surface area contributed by atoms with Crippen molar-refractivity contribution in [1.29, 1.82) is 0 Å². The Morgan fingerprint density at radius 2 is 1.92 bits per heavy atom. The average molecular weight is 174 g/mol. The first kappa shape index (κ1) is 9.68. The SMILES string of the molecule is CN.Cc1cccc2cnccc12. The second-order valence-corrected chi connectivity index (χ2v) is 2.67. The van der Waals surface area contributed by atoms with Crippen LogP contribution in [-0.2, 0) is 0 Å². The quantitative estimate of drug-likeness (QED) is 0.664. The highest BCUT2D eigenvalue weighted by atomic mass is 14.6. The van der Waals surface area contributed by atoms with Crippen LogP contribution in [0.3, 0.4) is 0 Å². The Bertz CT molecular complexity index is 377. The van der Waals surface area contributed by atoms with Crippen LogP contribution in [0.2, 0.25) is 0 Å². The van der Waals surface area contributed by atoms with Crippen LogP contribution < -0.4 is 5.73 Å². The number of pyridine rings is 1. The van der Waals surface area contributed by atoms with Gasteiger partial charge in [-0.15, -0.1) is 0 Å². The van der Waals surface area contributed by atoms with Crippen molar-refractivity contribution < 1.29 is 0 Å². The summed E-state index contributed by atoms with van der Waals surface area (Å²) >= 11 is 0. The maximum absolute atomic E-state index is 4.50. The minimum absolute atomic E-state index is 1.22. The molecule has 68 valence electrons. The summed E-state index contributed by atoms with van der Waals surface area (Å²) in [6.07, 6.45) is 3.72. The molecule has 0 fully saturated rings. The van der Waals surface area contributed by atoms with E-state index in [0.717, 1.165) is 0 Å². The van der Waals surface area contributed by atoms with Crippen molar-refractivity contribution in [2.75, 3.05) is 7.05 Å². The van der Waals surface area contributed by atoms with Crippen LogP contribution in [0.4, 0.5) is 0 Å². The fraction of sp³-hybridized carbons (Fsp3) is 0.182. The van der Waals surface area contributed by atoms with E-state index in [4.69, 9.17) is 0 Å². The number of aryl methyl sites for hydroxylation is 1. The Morgan fingerprint density at radius 3 is 2.62 bits per heavy atom. The number of nitrogens with two attached hydrogens (primary N) is 1. The Hall–Kier alpha value is -1.41. The van der Waals surface area contributed by atoms with Crippen molar-refractivity contribution in [2.24, 2.45) is 5.73 Å². The predicted molar refractivity (Wildman–Crippen MR) is 56.6 cm³/mol. The largest absolute Gasteiger partial charge is 0.333 e. The van der Waals surface area contributed by atoms with Gasteiger partial charge in [0.05, 0.1) is 0 Å². The molecule has 2 nitrogen and oxygen atoms in total. The molecule has 0 bridgehead atoms. The van der Waals surface area contributed by atoms with E-state index in [1.54, 1.807) is 0 Å². The Morgan fingerprint density at radius 1 is 1.15 bits per heavy atom. The summed E-state index contributed by atoms with van der Waals surface area (Å²) in [7, 11) is 1.50. The van der Waals surface area contributed by atoms with Crippen molar-refractivity contribution in [3.05, 3.63) is 42.2 Å². The van der Waals surface area contributed by atoms with Crippen molar-refractivity contribution in [2.45, 2.75) is 6.92 Å². The van der Waals surface area contributed by atoms with Gasteiger partial charge in [-0.05, 0) is 31.0 Å². The molecule has 0 aliphatic carbocycles. The van der Waals surface area contributed by atoms with Crippen LogP contribution in [0, 0.1) is 6.92 Å². The van der Waals surface area contributed by atoms with Gasteiger partial charge in [0.1, 0.15) is 0 Å². The highest BCUT2D eigenvalue weighted by Crippen LogP contribution is 2.15.